The molecule has 1 saturated heterocycles. The number of aliphatic hydroxyl groups is 1. The van der Waals surface area contributed by atoms with Crippen LogP contribution in [0, 0.1) is 11.8 Å². The first-order valence-corrected chi connectivity index (χ1v) is 22.5. The summed E-state index contributed by atoms with van der Waals surface area (Å²) in [5.74, 6) is -0.148. The van der Waals surface area contributed by atoms with Crippen molar-refractivity contribution in [3.8, 4) is 0 Å². The van der Waals surface area contributed by atoms with Crippen LogP contribution in [-0.2, 0) is 36.7 Å². The molecule has 1 N–H and O–H groups in total. The second-order valence-corrected chi connectivity index (χ2v) is 26.6. The molecule has 0 spiro atoms. The normalized spacial score (nSPS) is 24.3. The highest BCUT2D eigenvalue weighted by Crippen LogP contribution is 2.48. The lowest BCUT2D eigenvalue weighted by Gasteiger charge is -2.43. The maximum atomic E-state index is 12.7. The zero-order valence-corrected chi connectivity index (χ0v) is 31.6. The van der Waals surface area contributed by atoms with E-state index in [-0.39, 0.29) is 52.7 Å². The van der Waals surface area contributed by atoms with Crippen LogP contribution >= 0.6 is 7.60 Å². The number of aliphatic hydroxyl groups excluding tert-OH is 1. The van der Waals surface area contributed by atoms with Crippen molar-refractivity contribution < 1.29 is 41.8 Å². The van der Waals surface area contributed by atoms with Crippen molar-refractivity contribution in [2.24, 2.45) is 11.8 Å². The van der Waals surface area contributed by atoms with Crippen molar-refractivity contribution in [2.75, 3.05) is 41.2 Å². The summed E-state index contributed by atoms with van der Waals surface area (Å²) in [4.78, 5) is 0. The zero-order chi connectivity index (χ0) is 32.0. The Bertz CT molecular complexity index is 820. The molecule has 1 rings (SSSR count). The molecule has 0 aromatic rings. The van der Waals surface area contributed by atoms with Crippen molar-refractivity contribution >= 4 is 24.2 Å². The summed E-state index contributed by atoms with van der Waals surface area (Å²) in [7, 11) is -1.42. The Balaban J connectivity index is 3.27. The molecule has 0 saturated carbocycles. The summed E-state index contributed by atoms with van der Waals surface area (Å²) >= 11 is 0. The number of methoxy groups -OCH3 is 2. The Morgan fingerprint density at radius 1 is 0.951 bits per heavy atom. The smallest absolute Gasteiger partial charge is 0.332 e. The Morgan fingerprint density at radius 3 is 1.93 bits per heavy atom. The third-order valence-corrected chi connectivity index (χ3v) is 20.7. The first-order chi connectivity index (χ1) is 18.6. The fourth-order valence-electron chi connectivity index (χ4n) is 4.71. The minimum absolute atomic E-state index is 0.0179. The van der Waals surface area contributed by atoms with Crippen LogP contribution in [0.1, 0.15) is 67.7 Å². The molecule has 0 amide bonds. The summed E-state index contributed by atoms with van der Waals surface area (Å²) in [6, 6.07) is 0. The van der Waals surface area contributed by atoms with Crippen LogP contribution in [0.5, 0.6) is 0 Å². The monoisotopic (exact) mass is 642 g/mol. The lowest BCUT2D eigenvalue weighted by molar-refractivity contribution is -0.165. The highest BCUT2D eigenvalue weighted by atomic mass is 31.2. The van der Waals surface area contributed by atoms with E-state index >= 15 is 0 Å². The predicted molar refractivity (Wildman–Crippen MR) is 171 cm³/mol. The number of hydrogen-bond donors (Lipinski definition) is 1. The van der Waals surface area contributed by atoms with E-state index in [2.05, 4.69) is 67.7 Å². The topological polar surface area (TPSA) is 102 Å². The fraction of sp³-hybridized carbons (Fsp3) is 1.00. The first-order valence-electron chi connectivity index (χ1n) is 15.0. The molecule has 2 unspecified atom stereocenters. The molecule has 0 radical (unpaired) electrons. The summed E-state index contributed by atoms with van der Waals surface area (Å²) in [5, 5.41) is 11.1. The van der Waals surface area contributed by atoms with Crippen molar-refractivity contribution in [1.29, 1.82) is 0 Å². The van der Waals surface area contributed by atoms with Crippen molar-refractivity contribution in [1.82, 2.24) is 0 Å². The molecule has 1 fully saturated rings. The first kappa shape index (κ1) is 39.4. The third-order valence-electron chi connectivity index (χ3n) is 9.72. The Kier molecular flexibility index (Phi) is 14.9. The van der Waals surface area contributed by atoms with Gasteiger partial charge in [-0.1, -0.05) is 48.5 Å². The molecular formula is C29H63O9PSi2. The van der Waals surface area contributed by atoms with Gasteiger partial charge in [-0.05, 0) is 60.9 Å². The molecule has 1 aliphatic heterocycles. The van der Waals surface area contributed by atoms with Gasteiger partial charge in [0.05, 0.1) is 24.5 Å². The predicted octanol–water partition coefficient (Wildman–Crippen LogP) is 7.05. The van der Waals surface area contributed by atoms with E-state index < -0.39 is 30.3 Å². The average molecular weight is 643 g/mol. The third kappa shape index (κ3) is 11.0. The summed E-state index contributed by atoms with van der Waals surface area (Å²) in [5.41, 5.74) is 0. The molecule has 0 aromatic heterocycles. The van der Waals surface area contributed by atoms with Crippen LogP contribution in [-0.4, -0.2) is 93.7 Å². The van der Waals surface area contributed by atoms with E-state index in [0.717, 1.165) is 0 Å². The average Bonchev–Trinajstić information content (AvgIpc) is 3.24. The van der Waals surface area contributed by atoms with Gasteiger partial charge in [-0.3, -0.25) is 4.57 Å². The van der Waals surface area contributed by atoms with Crippen LogP contribution < -0.4 is 0 Å². The van der Waals surface area contributed by atoms with Gasteiger partial charge in [0.2, 0.25) is 0 Å². The van der Waals surface area contributed by atoms with E-state index in [4.69, 9.17) is 32.1 Å². The molecule has 0 aliphatic carbocycles. The van der Waals surface area contributed by atoms with Gasteiger partial charge in [0, 0.05) is 41.5 Å². The summed E-state index contributed by atoms with van der Waals surface area (Å²) < 4.78 is 54.7. The molecule has 12 heteroatoms. The standard InChI is InChI=1S/C29H63O9PSi2/c1-21(23(30)20-39(31,34-10)35-11)18-22-19-25(32-8)37-26(22)27(33-9)24(38-41(14,15)29(5,6)7)16-17-36-40(12,13)28(2,3)4/h21-27,30H,16-20H2,1-15H3/t21-,22-,23?,24-,25?,26+,27+/m1/s1. The second kappa shape index (κ2) is 15.6. The van der Waals surface area contributed by atoms with E-state index in [0.29, 0.717) is 25.9 Å². The van der Waals surface area contributed by atoms with Gasteiger partial charge in [0.15, 0.2) is 22.9 Å². The number of ether oxygens (including phenoxy) is 3. The quantitative estimate of drug-likeness (QED) is 0.132. The Labute approximate surface area is 253 Å². The molecular weight excluding hydrogens is 579 g/mol. The van der Waals surface area contributed by atoms with Gasteiger partial charge < -0.3 is 37.2 Å². The zero-order valence-electron chi connectivity index (χ0n) is 28.7. The van der Waals surface area contributed by atoms with Gasteiger partial charge in [-0.2, -0.15) is 0 Å². The van der Waals surface area contributed by atoms with Crippen molar-refractivity contribution in [3.63, 3.8) is 0 Å². The molecule has 0 aromatic carbocycles. The van der Waals surface area contributed by atoms with Crippen LogP contribution in [0.25, 0.3) is 0 Å². The molecule has 246 valence electrons. The SMILES string of the molecule is COC1C[C@@H](C[C@@H](C)C(O)CP(=O)(OC)OC)[C@@H]([C@@H](OC)[C@@H](CCO[Si](C)(C)C(C)(C)C)O[Si](C)(C)C(C)(C)C)O1. The molecule has 1 heterocycles. The highest BCUT2D eigenvalue weighted by Gasteiger charge is 2.48. The second-order valence-electron chi connectivity index (χ2n) is 14.7. The van der Waals surface area contributed by atoms with Gasteiger partial charge in [0.25, 0.3) is 0 Å². The molecule has 0 bridgehead atoms. The van der Waals surface area contributed by atoms with Crippen LogP contribution in [0.2, 0.25) is 36.3 Å². The lowest BCUT2D eigenvalue weighted by Crippen LogP contribution is -2.52. The summed E-state index contributed by atoms with van der Waals surface area (Å²) in [6.45, 7) is 25.0. The highest BCUT2D eigenvalue weighted by molar-refractivity contribution is 7.53. The van der Waals surface area contributed by atoms with Crippen molar-refractivity contribution in [2.45, 2.75) is 135 Å². The van der Waals surface area contributed by atoms with Gasteiger partial charge in [-0.25, -0.2) is 0 Å². The Hall–Kier alpha value is 0.344. The minimum atomic E-state index is -3.34. The van der Waals surface area contributed by atoms with Gasteiger partial charge >= 0.3 is 7.60 Å². The lowest BCUT2D eigenvalue weighted by atomic mass is 9.84. The van der Waals surface area contributed by atoms with E-state index in [1.165, 1.54) is 14.2 Å². The molecule has 9 nitrogen and oxygen atoms in total. The van der Waals surface area contributed by atoms with E-state index in [9.17, 15) is 9.67 Å². The number of rotatable bonds is 17. The molecule has 41 heavy (non-hydrogen) atoms. The number of hydrogen-bond acceptors (Lipinski definition) is 9. The maximum Gasteiger partial charge on any atom is 0.332 e. The van der Waals surface area contributed by atoms with Crippen molar-refractivity contribution in [3.05, 3.63) is 0 Å². The maximum absolute atomic E-state index is 12.7. The molecule has 1 aliphatic rings. The Morgan fingerprint density at radius 2 is 1.49 bits per heavy atom. The fourth-order valence-corrected chi connectivity index (χ4v) is 8.40. The van der Waals surface area contributed by atoms with E-state index in [1.807, 2.05) is 6.92 Å². The summed E-state index contributed by atoms with van der Waals surface area (Å²) in [6.07, 6.45) is -0.229. The minimum Gasteiger partial charge on any atom is -0.417 e. The van der Waals surface area contributed by atoms with Crippen LogP contribution in [0.4, 0.5) is 0 Å². The van der Waals surface area contributed by atoms with Crippen LogP contribution in [0.15, 0.2) is 0 Å². The van der Waals surface area contributed by atoms with Crippen LogP contribution in [0.3, 0.4) is 0 Å². The largest absolute Gasteiger partial charge is 0.417 e. The van der Waals surface area contributed by atoms with Gasteiger partial charge in [-0.15, -0.1) is 0 Å². The van der Waals surface area contributed by atoms with Gasteiger partial charge in [0.1, 0.15) is 6.10 Å². The van der Waals surface area contributed by atoms with E-state index in [1.54, 1.807) is 14.2 Å². The molecule has 7 atom stereocenters.